The summed E-state index contributed by atoms with van der Waals surface area (Å²) in [5.74, 6) is -0.515. The predicted octanol–water partition coefficient (Wildman–Crippen LogP) is 1.56. The van der Waals surface area contributed by atoms with Crippen LogP contribution in [0.25, 0.3) is 0 Å². The number of carboxylic acids is 1. The molecule has 1 saturated carbocycles. The van der Waals surface area contributed by atoms with Crippen LogP contribution in [0.15, 0.2) is 24.3 Å². The number of carbonyl (C=O) groups excluding carboxylic acids is 1. The molecule has 1 amide bonds. The maximum Gasteiger partial charge on any atom is 0.319 e. The lowest BCUT2D eigenvalue weighted by atomic mass is 10.1. The van der Waals surface area contributed by atoms with Crippen molar-refractivity contribution in [1.82, 2.24) is 4.90 Å². The Balaban J connectivity index is 1.97. The van der Waals surface area contributed by atoms with Gasteiger partial charge in [-0.15, -0.1) is 0 Å². The van der Waals surface area contributed by atoms with Crippen molar-refractivity contribution in [3.05, 3.63) is 29.8 Å². The molecule has 1 aliphatic carbocycles. The van der Waals surface area contributed by atoms with Crippen LogP contribution in [0.2, 0.25) is 0 Å². The minimum atomic E-state index is -1.16. The lowest BCUT2D eigenvalue weighted by Gasteiger charge is -2.21. The minimum absolute atomic E-state index is 0.292. The van der Waals surface area contributed by atoms with Crippen molar-refractivity contribution in [2.45, 2.75) is 19.3 Å². The van der Waals surface area contributed by atoms with Gasteiger partial charge < -0.3 is 14.7 Å². The normalized spacial score (nSPS) is 15.5. The molecule has 20 heavy (non-hydrogen) atoms. The third-order valence-electron chi connectivity index (χ3n) is 3.82. The molecule has 5 nitrogen and oxygen atoms in total. The second kappa shape index (κ2) is 5.53. The molecule has 0 spiro atoms. The molecular weight excluding hydrogens is 258 g/mol. The second-order valence-corrected chi connectivity index (χ2v) is 5.18. The van der Waals surface area contributed by atoms with Gasteiger partial charge in [-0.2, -0.15) is 0 Å². The van der Waals surface area contributed by atoms with Gasteiger partial charge in [-0.3, -0.25) is 9.59 Å². The fourth-order valence-corrected chi connectivity index (χ4v) is 2.31. The number of hydrogen-bond acceptors (Lipinski definition) is 3. The number of carbonyl (C=O) groups is 2. The second-order valence-electron chi connectivity index (χ2n) is 5.18. The zero-order valence-corrected chi connectivity index (χ0v) is 11.8. The van der Waals surface area contributed by atoms with Crippen molar-refractivity contribution >= 4 is 11.9 Å². The Morgan fingerprint density at radius 3 is 2.55 bits per heavy atom. The van der Waals surface area contributed by atoms with Gasteiger partial charge in [0.05, 0.1) is 7.11 Å². The van der Waals surface area contributed by atoms with Crippen molar-refractivity contribution in [1.29, 1.82) is 0 Å². The molecule has 0 aromatic heterocycles. The lowest BCUT2D eigenvalue weighted by Crippen LogP contribution is -2.39. The van der Waals surface area contributed by atoms with E-state index in [9.17, 15) is 9.59 Å². The van der Waals surface area contributed by atoms with Gasteiger partial charge in [0.15, 0.2) is 0 Å². The summed E-state index contributed by atoms with van der Waals surface area (Å²) in [6.07, 6.45) is 1.53. The summed E-state index contributed by atoms with van der Waals surface area (Å²) in [7, 11) is 3.26. The molecule has 1 N–H and O–H groups in total. The van der Waals surface area contributed by atoms with Crippen molar-refractivity contribution in [2.24, 2.45) is 5.41 Å². The maximum atomic E-state index is 12.2. The topological polar surface area (TPSA) is 66.8 Å². The Morgan fingerprint density at radius 1 is 1.35 bits per heavy atom. The third kappa shape index (κ3) is 2.61. The number of para-hydroxylation sites is 1. The number of likely N-dealkylation sites (N-methyl/N-ethyl adjacent to an activating group) is 1. The van der Waals surface area contributed by atoms with E-state index in [2.05, 4.69) is 0 Å². The minimum Gasteiger partial charge on any atom is -0.496 e. The Hall–Kier alpha value is -2.04. The zero-order valence-electron chi connectivity index (χ0n) is 11.8. The van der Waals surface area contributed by atoms with E-state index in [1.165, 1.54) is 4.90 Å². The van der Waals surface area contributed by atoms with E-state index in [1.807, 2.05) is 24.3 Å². The van der Waals surface area contributed by atoms with E-state index in [-0.39, 0.29) is 5.91 Å². The highest BCUT2D eigenvalue weighted by Gasteiger charge is 2.58. The summed E-state index contributed by atoms with van der Waals surface area (Å²) in [6, 6.07) is 7.62. The van der Waals surface area contributed by atoms with Gasteiger partial charge in [-0.05, 0) is 30.9 Å². The maximum absolute atomic E-state index is 12.2. The Labute approximate surface area is 118 Å². The molecule has 2 rings (SSSR count). The Morgan fingerprint density at radius 2 is 2.00 bits per heavy atom. The number of carboxylic acid groups (broad SMARTS) is 1. The third-order valence-corrected chi connectivity index (χ3v) is 3.82. The fraction of sp³-hybridized carbons (Fsp3) is 0.467. The molecule has 0 unspecified atom stereocenters. The van der Waals surface area contributed by atoms with Crippen LogP contribution in [0, 0.1) is 5.41 Å². The number of amides is 1. The van der Waals surface area contributed by atoms with Crippen molar-refractivity contribution in [3.63, 3.8) is 0 Å². The summed E-state index contributed by atoms with van der Waals surface area (Å²) < 4.78 is 5.26. The van der Waals surface area contributed by atoms with Gasteiger partial charge in [0, 0.05) is 13.6 Å². The summed E-state index contributed by atoms with van der Waals surface area (Å²) in [4.78, 5) is 24.8. The Kier molecular flexibility index (Phi) is 3.97. The molecule has 0 atom stereocenters. The zero-order chi connectivity index (χ0) is 14.8. The number of nitrogens with zero attached hydrogens (tertiary/aromatic N) is 1. The van der Waals surface area contributed by atoms with Gasteiger partial charge in [0.2, 0.25) is 5.91 Å². The van der Waals surface area contributed by atoms with E-state index >= 15 is 0 Å². The SMILES string of the molecule is COc1ccccc1CCN(C)C(=O)C1(C(=O)O)CC1. The van der Waals surface area contributed by atoms with Crippen LogP contribution in [-0.4, -0.2) is 42.6 Å². The van der Waals surface area contributed by atoms with Gasteiger partial charge in [-0.25, -0.2) is 0 Å². The molecular formula is C15H19NO4. The van der Waals surface area contributed by atoms with Crippen LogP contribution in [0.3, 0.4) is 0 Å². The highest BCUT2D eigenvalue weighted by atomic mass is 16.5. The average Bonchev–Trinajstić information content (AvgIpc) is 3.25. The molecule has 5 heteroatoms. The van der Waals surface area contributed by atoms with E-state index in [0.29, 0.717) is 25.8 Å². The standard InChI is InChI=1S/C15H19NO4/c1-16(13(17)15(8-9-15)14(18)19)10-7-11-5-3-4-6-12(11)20-2/h3-6H,7-10H2,1-2H3,(H,18,19). The lowest BCUT2D eigenvalue weighted by molar-refractivity contribution is -0.152. The number of rotatable bonds is 6. The molecule has 1 aromatic carbocycles. The van der Waals surface area contributed by atoms with Gasteiger partial charge >= 0.3 is 5.97 Å². The van der Waals surface area contributed by atoms with Crippen LogP contribution >= 0.6 is 0 Å². The van der Waals surface area contributed by atoms with Crippen LogP contribution in [0.4, 0.5) is 0 Å². The molecule has 0 bridgehead atoms. The van der Waals surface area contributed by atoms with Crippen molar-refractivity contribution < 1.29 is 19.4 Å². The average molecular weight is 277 g/mol. The summed E-state index contributed by atoms with van der Waals surface area (Å²) in [6.45, 7) is 0.480. The van der Waals surface area contributed by atoms with Gasteiger partial charge in [0.1, 0.15) is 11.2 Å². The number of benzene rings is 1. The van der Waals surface area contributed by atoms with Gasteiger partial charge in [0.25, 0.3) is 0 Å². The number of methoxy groups -OCH3 is 1. The van der Waals surface area contributed by atoms with Crippen LogP contribution < -0.4 is 4.74 Å². The number of ether oxygens (including phenoxy) is 1. The van der Waals surface area contributed by atoms with E-state index in [1.54, 1.807) is 14.2 Å². The first-order valence-electron chi connectivity index (χ1n) is 6.62. The monoisotopic (exact) mass is 277 g/mol. The smallest absolute Gasteiger partial charge is 0.319 e. The summed E-state index contributed by atoms with van der Waals surface area (Å²) >= 11 is 0. The van der Waals surface area contributed by atoms with Crippen molar-refractivity contribution in [2.75, 3.05) is 20.7 Å². The van der Waals surface area contributed by atoms with Crippen molar-refractivity contribution in [3.8, 4) is 5.75 Å². The molecule has 0 saturated heterocycles. The van der Waals surface area contributed by atoms with E-state index in [0.717, 1.165) is 11.3 Å². The largest absolute Gasteiger partial charge is 0.496 e. The molecule has 0 radical (unpaired) electrons. The van der Waals surface area contributed by atoms with E-state index in [4.69, 9.17) is 9.84 Å². The van der Waals surface area contributed by atoms with Crippen LogP contribution in [-0.2, 0) is 16.0 Å². The molecule has 1 fully saturated rings. The number of aliphatic carboxylic acids is 1. The first-order valence-corrected chi connectivity index (χ1v) is 6.62. The quantitative estimate of drug-likeness (QED) is 0.801. The summed E-state index contributed by atoms with van der Waals surface area (Å²) in [5, 5.41) is 9.12. The summed E-state index contributed by atoms with van der Waals surface area (Å²) in [5.41, 5.74) is -0.148. The Bertz CT molecular complexity index is 522. The molecule has 0 aliphatic heterocycles. The first kappa shape index (κ1) is 14.4. The fourth-order valence-electron chi connectivity index (χ4n) is 2.31. The first-order chi connectivity index (χ1) is 9.51. The highest BCUT2D eigenvalue weighted by Crippen LogP contribution is 2.47. The predicted molar refractivity (Wildman–Crippen MR) is 73.6 cm³/mol. The van der Waals surface area contributed by atoms with Crippen LogP contribution in [0.5, 0.6) is 5.75 Å². The molecule has 1 aromatic rings. The highest BCUT2D eigenvalue weighted by molar-refractivity contribution is 6.04. The van der Waals surface area contributed by atoms with Gasteiger partial charge in [-0.1, -0.05) is 18.2 Å². The molecule has 108 valence electrons. The molecule has 0 heterocycles. The van der Waals surface area contributed by atoms with E-state index < -0.39 is 11.4 Å². The molecule has 1 aliphatic rings. The number of hydrogen-bond donors (Lipinski definition) is 1. The van der Waals surface area contributed by atoms with Crippen LogP contribution in [0.1, 0.15) is 18.4 Å².